The maximum atomic E-state index is 10.3. The Hall–Kier alpha value is -1.20. The normalized spacial score (nSPS) is 30.5. The lowest BCUT2D eigenvalue weighted by Crippen LogP contribution is -2.48. The molecule has 0 unspecified atom stereocenters. The van der Waals surface area contributed by atoms with Gasteiger partial charge in [-0.3, -0.25) is 4.90 Å². The monoisotopic (exact) mass is 304 g/mol. The van der Waals surface area contributed by atoms with Crippen molar-refractivity contribution < 1.29 is 5.11 Å². The summed E-state index contributed by atoms with van der Waals surface area (Å²) in [6, 6.07) is 0. The second kappa shape index (κ2) is 6.50. The summed E-state index contributed by atoms with van der Waals surface area (Å²) in [4.78, 5) is 13.8. The number of hydrogen-bond donors (Lipinski definition) is 1. The van der Waals surface area contributed by atoms with E-state index in [-0.39, 0.29) is 0 Å². The van der Waals surface area contributed by atoms with Gasteiger partial charge in [0.25, 0.3) is 0 Å². The van der Waals surface area contributed by atoms with Crippen LogP contribution in [0.4, 0.5) is 5.95 Å². The van der Waals surface area contributed by atoms with Crippen LogP contribution in [0.5, 0.6) is 0 Å². The van der Waals surface area contributed by atoms with Crippen LogP contribution in [-0.2, 0) is 6.54 Å². The third-order valence-corrected chi connectivity index (χ3v) is 5.26. The van der Waals surface area contributed by atoms with Crippen LogP contribution >= 0.6 is 0 Å². The molecule has 0 amide bonds. The fraction of sp³-hybridized carbons (Fsp3) is 0.765. The van der Waals surface area contributed by atoms with E-state index in [2.05, 4.69) is 26.7 Å². The molecule has 3 rings (SSSR count). The smallest absolute Gasteiger partial charge is 0.225 e. The molecule has 2 fully saturated rings. The Morgan fingerprint density at radius 1 is 1.18 bits per heavy atom. The zero-order valence-corrected chi connectivity index (χ0v) is 13.8. The van der Waals surface area contributed by atoms with Gasteiger partial charge in [0.1, 0.15) is 0 Å². The fourth-order valence-corrected chi connectivity index (χ4v) is 3.39. The summed E-state index contributed by atoms with van der Waals surface area (Å²) in [5.74, 6) is 1.17. The summed E-state index contributed by atoms with van der Waals surface area (Å²) < 4.78 is 0. The summed E-state index contributed by atoms with van der Waals surface area (Å²) in [5, 5.41) is 10.3. The van der Waals surface area contributed by atoms with Gasteiger partial charge in [-0.25, -0.2) is 9.97 Å². The van der Waals surface area contributed by atoms with Crippen molar-refractivity contribution in [2.24, 2.45) is 5.92 Å². The number of piperidine rings is 2. The van der Waals surface area contributed by atoms with E-state index in [9.17, 15) is 5.11 Å². The standard InChI is InChI=1S/C17H28N4O/c1-14-12-20(9-6-17(14,2)22)13-15-10-18-16(19-11-15)21-7-4-3-5-8-21/h10-11,14,22H,3-9,12-13H2,1-2H3/t14-,17+/m1/s1. The van der Waals surface area contributed by atoms with Gasteiger partial charge in [-0.15, -0.1) is 0 Å². The predicted octanol–water partition coefficient (Wildman–Crippen LogP) is 2.06. The lowest BCUT2D eigenvalue weighted by Gasteiger charge is -2.41. The predicted molar refractivity (Wildman–Crippen MR) is 87.8 cm³/mol. The molecule has 0 radical (unpaired) electrons. The zero-order valence-electron chi connectivity index (χ0n) is 13.8. The molecule has 0 bridgehead atoms. The van der Waals surface area contributed by atoms with E-state index in [0.717, 1.165) is 50.7 Å². The van der Waals surface area contributed by atoms with Crippen molar-refractivity contribution in [3.8, 4) is 0 Å². The summed E-state index contributed by atoms with van der Waals surface area (Å²) >= 11 is 0. The molecule has 0 saturated carbocycles. The molecule has 1 N–H and O–H groups in total. The first-order valence-electron chi connectivity index (χ1n) is 8.55. The first kappa shape index (κ1) is 15.7. The van der Waals surface area contributed by atoms with Crippen molar-refractivity contribution in [1.82, 2.24) is 14.9 Å². The highest BCUT2D eigenvalue weighted by Crippen LogP contribution is 2.27. The van der Waals surface area contributed by atoms with E-state index in [1.807, 2.05) is 19.3 Å². The average Bonchev–Trinajstić information content (AvgIpc) is 2.53. The third kappa shape index (κ3) is 3.58. The minimum Gasteiger partial charge on any atom is -0.390 e. The van der Waals surface area contributed by atoms with E-state index in [0.29, 0.717) is 5.92 Å². The van der Waals surface area contributed by atoms with Gasteiger partial charge in [0.2, 0.25) is 5.95 Å². The van der Waals surface area contributed by atoms with Crippen LogP contribution in [0, 0.1) is 5.92 Å². The Labute approximate surface area is 133 Å². The average molecular weight is 304 g/mol. The maximum Gasteiger partial charge on any atom is 0.225 e. The molecule has 5 heteroatoms. The van der Waals surface area contributed by atoms with Gasteiger partial charge in [-0.1, -0.05) is 6.92 Å². The Balaban J connectivity index is 1.57. The largest absolute Gasteiger partial charge is 0.390 e. The van der Waals surface area contributed by atoms with Gasteiger partial charge in [-0.05, 0) is 38.5 Å². The molecule has 2 aliphatic rings. The van der Waals surface area contributed by atoms with Crippen molar-refractivity contribution in [3.05, 3.63) is 18.0 Å². The lowest BCUT2D eigenvalue weighted by molar-refractivity contribution is -0.0524. The molecule has 2 saturated heterocycles. The van der Waals surface area contributed by atoms with Crippen molar-refractivity contribution in [3.63, 3.8) is 0 Å². The van der Waals surface area contributed by atoms with Gasteiger partial charge in [0, 0.05) is 50.7 Å². The van der Waals surface area contributed by atoms with E-state index >= 15 is 0 Å². The molecular weight excluding hydrogens is 276 g/mol. The van der Waals surface area contributed by atoms with E-state index < -0.39 is 5.60 Å². The Kier molecular flexibility index (Phi) is 4.64. The molecule has 22 heavy (non-hydrogen) atoms. The number of rotatable bonds is 3. The zero-order chi connectivity index (χ0) is 15.6. The maximum absolute atomic E-state index is 10.3. The van der Waals surface area contributed by atoms with Crippen molar-refractivity contribution in [1.29, 1.82) is 0 Å². The van der Waals surface area contributed by atoms with Gasteiger partial charge in [0.05, 0.1) is 5.60 Å². The number of hydrogen-bond acceptors (Lipinski definition) is 5. The fourth-order valence-electron chi connectivity index (χ4n) is 3.39. The Morgan fingerprint density at radius 2 is 1.86 bits per heavy atom. The summed E-state index contributed by atoms with van der Waals surface area (Å²) in [5.41, 5.74) is 0.639. The highest BCUT2D eigenvalue weighted by atomic mass is 16.3. The van der Waals surface area contributed by atoms with Crippen LogP contribution < -0.4 is 4.90 Å². The second-order valence-corrected chi connectivity index (χ2v) is 7.18. The van der Waals surface area contributed by atoms with E-state index in [1.165, 1.54) is 19.3 Å². The number of aliphatic hydroxyl groups is 1. The molecule has 5 nitrogen and oxygen atoms in total. The molecular formula is C17H28N4O. The molecule has 2 atom stereocenters. The summed E-state index contributed by atoms with van der Waals surface area (Å²) in [7, 11) is 0. The van der Waals surface area contributed by atoms with Crippen LogP contribution in [0.15, 0.2) is 12.4 Å². The van der Waals surface area contributed by atoms with Crippen LogP contribution in [0.2, 0.25) is 0 Å². The summed E-state index contributed by atoms with van der Waals surface area (Å²) in [6.45, 7) is 8.98. The second-order valence-electron chi connectivity index (χ2n) is 7.18. The first-order valence-corrected chi connectivity index (χ1v) is 8.55. The van der Waals surface area contributed by atoms with E-state index in [4.69, 9.17) is 0 Å². The molecule has 2 aliphatic heterocycles. The lowest BCUT2D eigenvalue weighted by atomic mass is 9.84. The Morgan fingerprint density at radius 3 is 2.50 bits per heavy atom. The summed E-state index contributed by atoms with van der Waals surface area (Å²) in [6.07, 6.45) is 8.59. The highest BCUT2D eigenvalue weighted by Gasteiger charge is 2.34. The van der Waals surface area contributed by atoms with Crippen LogP contribution in [0.25, 0.3) is 0 Å². The van der Waals surface area contributed by atoms with Crippen LogP contribution in [0.3, 0.4) is 0 Å². The number of nitrogens with zero attached hydrogens (tertiary/aromatic N) is 4. The first-order chi connectivity index (χ1) is 10.5. The SMILES string of the molecule is C[C@@H]1CN(Cc2cnc(N3CCCCC3)nc2)CC[C@]1(C)O. The molecule has 0 aromatic carbocycles. The van der Waals surface area contributed by atoms with E-state index in [1.54, 1.807) is 0 Å². The van der Waals surface area contributed by atoms with Gasteiger partial charge < -0.3 is 10.0 Å². The van der Waals surface area contributed by atoms with Crippen LogP contribution in [0.1, 0.15) is 45.1 Å². The molecule has 0 aliphatic carbocycles. The topological polar surface area (TPSA) is 52.5 Å². The quantitative estimate of drug-likeness (QED) is 0.926. The van der Waals surface area contributed by atoms with Gasteiger partial charge in [0.15, 0.2) is 0 Å². The number of anilines is 1. The van der Waals surface area contributed by atoms with Crippen LogP contribution in [-0.4, -0.2) is 51.8 Å². The minimum absolute atomic E-state index is 0.301. The minimum atomic E-state index is -0.523. The Bertz CT molecular complexity index is 482. The van der Waals surface area contributed by atoms with Gasteiger partial charge >= 0.3 is 0 Å². The molecule has 3 heterocycles. The van der Waals surface area contributed by atoms with Gasteiger partial charge in [-0.2, -0.15) is 0 Å². The third-order valence-electron chi connectivity index (χ3n) is 5.26. The van der Waals surface area contributed by atoms with Crippen molar-refractivity contribution in [2.75, 3.05) is 31.1 Å². The highest BCUT2D eigenvalue weighted by molar-refractivity contribution is 5.30. The van der Waals surface area contributed by atoms with Crippen molar-refractivity contribution >= 4 is 5.95 Å². The molecule has 122 valence electrons. The number of likely N-dealkylation sites (tertiary alicyclic amines) is 1. The number of aromatic nitrogens is 2. The molecule has 1 aromatic heterocycles. The molecule has 1 aromatic rings. The molecule has 0 spiro atoms. The van der Waals surface area contributed by atoms with Crippen molar-refractivity contribution in [2.45, 2.75) is 51.7 Å².